The number of para-hydroxylation sites is 1. The molecule has 0 fully saturated rings. The summed E-state index contributed by atoms with van der Waals surface area (Å²) in [4.78, 5) is 12.4. The van der Waals surface area contributed by atoms with Gasteiger partial charge in [-0.2, -0.15) is 0 Å². The Balaban J connectivity index is 1.95. The first-order valence-corrected chi connectivity index (χ1v) is 7.86. The summed E-state index contributed by atoms with van der Waals surface area (Å²) in [6.07, 6.45) is 0.969. The van der Waals surface area contributed by atoms with Crippen molar-refractivity contribution < 1.29 is 4.74 Å². The Morgan fingerprint density at radius 1 is 1.10 bits per heavy atom. The van der Waals surface area contributed by atoms with Gasteiger partial charge in [-0.1, -0.05) is 48.8 Å². The molecular weight excluding hydrogens is 282 g/mol. The SMILES string of the molecule is CCCOc1ccccc1Cn1sc2ccccc2c1=O. The quantitative estimate of drug-likeness (QED) is 0.715. The molecule has 0 amide bonds. The van der Waals surface area contributed by atoms with Gasteiger partial charge < -0.3 is 4.74 Å². The van der Waals surface area contributed by atoms with E-state index in [2.05, 4.69) is 6.92 Å². The lowest BCUT2D eigenvalue weighted by atomic mass is 10.2. The van der Waals surface area contributed by atoms with E-state index >= 15 is 0 Å². The fourth-order valence-electron chi connectivity index (χ4n) is 2.26. The fourth-order valence-corrected chi connectivity index (χ4v) is 3.28. The molecule has 0 aliphatic heterocycles. The van der Waals surface area contributed by atoms with Gasteiger partial charge in [0, 0.05) is 5.56 Å². The normalized spacial score (nSPS) is 10.9. The van der Waals surface area contributed by atoms with Crippen LogP contribution in [0.2, 0.25) is 0 Å². The first kappa shape index (κ1) is 13.9. The molecule has 3 rings (SSSR count). The molecule has 2 aromatic carbocycles. The van der Waals surface area contributed by atoms with E-state index in [0.29, 0.717) is 13.2 Å². The molecule has 1 aromatic heterocycles. The maximum absolute atomic E-state index is 12.4. The van der Waals surface area contributed by atoms with Crippen molar-refractivity contribution in [2.24, 2.45) is 0 Å². The van der Waals surface area contributed by atoms with E-state index in [1.807, 2.05) is 48.5 Å². The van der Waals surface area contributed by atoms with E-state index < -0.39 is 0 Å². The molecule has 0 unspecified atom stereocenters. The maximum Gasteiger partial charge on any atom is 0.268 e. The number of ether oxygens (including phenoxy) is 1. The minimum absolute atomic E-state index is 0.0703. The molecule has 0 N–H and O–H groups in total. The zero-order valence-electron chi connectivity index (χ0n) is 11.9. The molecule has 21 heavy (non-hydrogen) atoms. The highest BCUT2D eigenvalue weighted by molar-refractivity contribution is 7.13. The van der Waals surface area contributed by atoms with Crippen LogP contribution < -0.4 is 10.3 Å². The Morgan fingerprint density at radius 3 is 2.67 bits per heavy atom. The summed E-state index contributed by atoms with van der Waals surface area (Å²) < 4.78 is 8.57. The lowest BCUT2D eigenvalue weighted by molar-refractivity contribution is 0.313. The van der Waals surface area contributed by atoms with Crippen molar-refractivity contribution in [3.63, 3.8) is 0 Å². The van der Waals surface area contributed by atoms with Crippen LogP contribution in [0.3, 0.4) is 0 Å². The van der Waals surface area contributed by atoms with Gasteiger partial charge in [0.1, 0.15) is 5.75 Å². The van der Waals surface area contributed by atoms with Crippen LogP contribution in [0.5, 0.6) is 5.75 Å². The predicted octanol–water partition coefficient (Wildman–Crippen LogP) is 3.90. The Morgan fingerprint density at radius 2 is 1.86 bits per heavy atom. The van der Waals surface area contributed by atoms with Gasteiger partial charge in [0.05, 0.1) is 23.2 Å². The van der Waals surface area contributed by atoms with Crippen molar-refractivity contribution in [1.82, 2.24) is 3.96 Å². The molecular formula is C17H17NO2S. The zero-order chi connectivity index (χ0) is 14.7. The number of benzene rings is 2. The second-order valence-corrected chi connectivity index (χ2v) is 5.95. The van der Waals surface area contributed by atoms with Gasteiger partial charge in [0.2, 0.25) is 0 Å². The number of hydrogen-bond acceptors (Lipinski definition) is 3. The molecule has 0 saturated carbocycles. The number of hydrogen-bond donors (Lipinski definition) is 0. The van der Waals surface area contributed by atoms with E-state index in [1.165, 1.54) is 11.5 Å². The maximum atomic E-state index is 12.4. The average Bonchev–Trinajstić information content (AvgIpc) is 2.83. The fraction of sp³-hybridized carbons (Fsp3) is 0.235. The molecule has 3 aromatic rings. The number of rotatable bonds is 5. The summed E-state index contributed by atoms with van der Waals surface area (Å²) in [5, 5.41) is 0.787. The largest absolute Gasteiger partial charge is 0.493 e. The molecule has 1 heterocycles. The van der Waals surface area contributed by atoms with Crippen LogP contribution in [-0.4, -0.2) is 10.6 Å². The van der Waals surface area contributed by atoms with E-state index in [0.717, 1.165) is 27.8 Å². The Hall–Kier alpha value is -2.07. The monoisotopic (exact) mass is 299 g/mol. The Kier molecular flexibility index (Phi) is 4.06. The average molecular weight is 299 g/mol. The minimum Gasteiger partial charge on any atom is -0.493 e. The third kappa shape index (κ3) is 2.85. The second-order valence-electron chi connectivity index (χ2n) is 4.89. The van der Waals surface area contributed by atoms with Crippen molar-refractivity contribution in [3.05, 3.63) is 64.4 Å². The summed E-state index contributed by atoms with van der Waals surface area (Å²) in [7, 11) is 0. The van der Waals surface area contributed by atoms with Gasteiger partial charge in [0.25, 0.3) is 5.56 Å². The highest BCUT2D eigenvalue weighted by Gasteiger charge is 2.09. The number of aromatic nitrogens is 1. The summed E-state index contributed by atoms with van der Waals surface area (Å²) >= 11 is 1.50. The van der Waals surface area contributed by atoms with E-state index in [1.54, 1.807) is 3.96 Å². The van der Waals surface area contributed by atoms with Crippen LogP contribution >= 0.6 is 11.5 Å². The topological polar surface area (TPSA) is 31.2 Å². The summed E-state index contributed by atoms with van der Waals surface area (Å²) in [5.74, 6) is 0.865. The molecule has 0 aliphatic carbocycles. The van der Waals surface area contributed by atoms with Gasteiger partial charge in [-0.15, -0.1) is 0 Å². The van der Waals surface area contributed by atoms with Crippen LogP contribution in [0, 0.1) is 0 Å². The Labute approximate surface area is 127 Å². The molecule has 0 bridgehead atoms. The molecule has 0 saturated heterocycles. The predicted molar refractivity (Wildman–Crippen MR) is 87.4 cm³/mol. The van der Waals surface area contributed by atoms with Crippen LogP contribution in [0.1, 0.15) is 18.9 Å². The molecule has 0 atom stereocenters. The molecule has 0 aliphatic rings. The van der Waals surface area contributed by atoms with E-state index in [9.17, 15) is 4.79 Å². The van der Waals surface area contributed by atoms with Gasteiger partial charge in [0.15, 0.2) is 0 Å². The lowest BCUT2D eigenvalue weighted by Crippen LogP contribution is -2.14. The van der Waals surface area contributed by atoms with Crippen molar-refractivity contribution in [2.45, 2.75) is 19.9 Å². The van der Waals surface area contributed by atoms with Gasteiger partial charge in [-0.25, -0.2) is 0 Å². The lowest BCUT2D eigenvalue weighted by Gasteiger charge is -2.10. The van der Waals surface area contributed by atoms with Crippen LogP contribution in [0.4, 0.5) is 0 Å². The molecule has 0 radical (unpaired) electrons. The zero-order valence-corrected chi connectivity index (χ0v) is 12.7. The highest BCUT2D eigenvalue weighted by atomic mass is 32.1. The van der Waals surface area contributed by atoms with Crippen molar-refractivity contribution in [3.8, 4) is 5.75 Å². The van der Waals surface area contributed by atoms with Crippen LogP contribution in [-0.2, 0) is 6.54 Å². The highest BCUT2D eigenvalue weighted by Crippen LogP contribution is 2.22. The van der Waals surface area contributed by atoms with Crippen molar-refractivity contribution in [1.29, 1.82) is 0 Å². The summed E-state index contributed by atoms with van der Waals surface area (Å²) in [5.41, 5.74) is 1.11. The van der Waals surface area contributed by atoms with Crippen LogP contribution in [0.25, 0.3) is 10.1 Å². The van der Waals surface area contributed by atoms with Gasteiger partial charge >= 0.3 is 0 Å². The molecule has 108 valence electrons. The van der Waals surface area contributed by atoms with Gasteiger partial charge in [-0.3, -0.25) is 8.75 Å². The second kappa shape index (κ2) is 6.14. The smallest absolute Gasteiger partial charge is 0.268 e. The number of nitrogens with zero attached hydrogens (tertiary/aromatic N) is 1. The van der Waals surface area contributed by atoms with Crippen molar-refractivity contribution >= 4 is 21.6 Å². The standard InChI is InChI=1S/C17H17NO2S/c1-2-11-20-15-9-5-3-7-13(15)12-18-17(19)14-8-4-6-10-16(14)21-18/h3-10H,2,11-12H2,1H3. The first-order valence-electron chi connectivity index (χ1n) is 7.09. The summed E-state index contributed by atoms with van der Waals surface area (Å²) in [6.45, 7) is 3.33. The Bertz CT molecular complexity index is 804. The van der Waals surface area contributed by atoms with Crippen molar-refractivity contribution in [2.75, 3.05) is 6.61 Å². The molecule has 4 heteroatoms. The minimum atomic E-state index is 0.0703. The van der Waals surface area contributed by atoms with Crippen LogP contribution in [0.15, 0.2) is 53.3 Å². The molecule has 0 spiro atoms. The third-order valence-corrected chi connectivity index (χ3v) is 4.37. The molecule has 3 nitrogen and oxygen atoms in total. The summed E-state index contributed by atoms with van der Waals surface area (Å²) in [6, 6.07) is 15.6. The van der Waals surface area contributed by atoms with Gasteiger partial charge in [-0.05, 0) is 24.6 Å². The van der Waals surface area contributed by atoms with E-state index in [4.69, 9.17) is 4.74 Å². The third-order valence-electron chi connectivity index (χ3n) is 3.30. The first-order chi connectivity index (χ1) is 10.3. The van der Waals surface area contributed by atoms with E-state index in [-0.39, 0.29) is 5.56 Å². The number of fused-ring (bicyclic) bond motifs is 1.